The first-order chi connectivity index (χ1) is 8.87. The van der Waals surface area contributed by atoms with Crippen molar-refractivity contribution in [3.05, 3.63) is 29.8 Å². The molecule has 0 aliphatic heterocycles. The first-order valence-corrected chi connectivity index (χ1v) is 5.55. The largest absolute Gasteiger partial charge is 0.396 e. The van der Waals surface area contributed by atoms with Crippen LogP contribution in [-0.2, 0) is 11.2 Å². The first kappa shape index (κ1) is 15.4. The SMILES string of the molecule is O=C(Nc1cccc(CCCO)c1)C(F)(F)C(F)F. The number of nitrogens with one attached hydrogen (secondary N) is 1. The van der Waals surface area contributed by atoms with Crippen LogP contribution in [0.1, 0.15) is 12.0 Å². The summed E-state index contributed by atoms with van der Waals surface area (Å²) in [5.41, 5.74) is 0.716. The van der Waals surface area contributed by atoms with E-state index >= 15 is 0 Å². The van der Waals surface area contributed by atoms with E-state index in [2.05, 4.69) is 0 Å². The lowest BCUT2D eigenvalue weighted by atomic mass is 10.1. The predicted octanol–water partition coefficient (Wildman–Crippen LogP) is 2.45. The monoisotopic (exact) mass is 279 g/mol. The third-order valence-electron chi connectivity index (χ3n) is 2.39. The van der Waals surface area contributed by atoms with Gasteiger partial charge in [0.25, 0.3) is 0 Å². The molecule has 0 atom stereocenters. The van der Waals surface area contributed by atoms with Crippen LogP contribution in [0.15, 0.2) is 24.3 Å². The van der Waals surface area contributed by atoms with Gasteiger partial charge in [-0.1, -0.05) is 12.1 Å². The predicted molar refractivity (Wildman–Crippen MR) is 61.4 cm³/mol. The summed E-state index contributed by atoms with van der Waals surface area (Å²) in [5.74, 6) is -6.76. The number of halogens is 4. The highest BCUT2D eigenvalue weighted by Crippen LogP contribution is 2.25. The van der Waals surface area contributed by atoms with E-state index in [0.717, 1.165) is 0 Å². The van der Waals surface area contributed by atoms with Crippen LogP contribution >= 0.6 is 0 Å². The third kappa shape index (κ3) is 4.20. The fraction of sp³-hybridized carbons (Fsp3) is 0.417. The minimum absolute atomic E-state index is 0.0146. The summed E-state index contributed by atoms with van der Waals surface area (Å²) in [6, 6.07) is 5.90. The normalized spacial score (nSPS) is 11.7. The van der Waals surface area contributed by atoms with Crippen molar-refractivity contribution in [3.8, 4) is 0 Å². The summed E-state index contributed by atoms with van der Waals surface area (Å²) in [6.45, 7) is -0.0277. The number of aryl methyl sites for hydroxylation is 1. The summed E-state index contributed by atoms with van der Waals surface area (Å²) in [5, 5.41) is 10.4. The Kier molecular flexibility index (Phi) is 5.29. The lowest BCUT2D eigenvalue weighted by Crippen LogP contribution is -2.40. The molecule has 1 aromatic rings. The Hall–Kier alpha value is -1.63. The highest BCUT2D eigenvalue weighted by Gasteiger charge is 2.48. The van der Waals surface area contributed by atoms with Crippen LogP contribution in [0.2, 0.25) is 0 Å². The molecule has 0 unspecified atom stereocenters. The van der Waals surface area contributed by atoms with Crippen LogP contribution in [0.25, 0.3) is 0 Å². The maximum Gasteiger partial charge on any atom is 0.383 e. The molecule has 1 amide bonds. The molecule has 0 spiro atoms. The van der Waals surface area contributed by atoms with E-state index in [1.807, 2.05) is 0 Å². The molecule has 1 aromatic carbocycles. The Labute approximate surface area is 107 Å². The van der Waals surface area contributed by atoms with Crippen molar-refractivity contribution < 1.29 is 27.5 Å². The van der Waals surface area contributed by atoms with Gasteiger partial charge in [-0.2, -0.15) is 8.78 Å². The molecule has 0 heterocycles. The zero-order valence-corrected chi connectivity index (χ0v) is 9.88. The fourth-order valence-electron chi connectivity index (χ4n) is 1.40. The van der Waals surface area contributed by atoms with Gasteiger partial charge in [0.15, 0.2) is 0 Å². The Balaban J connectivity index is 2.74. The van der Waals surface area contributed by atoms with Gasteiger partial charge in [-0.3, -0.25) is 4.79 Å². The van der Waals surface area contributed by atoms with E-state index in [4.69, 9.17) is 5.11 Å². The lowest BCUT2D eigenvalue weighted by Gasteiger charge is -2.15. The van der Waals surface area contributed by atoms with Crippen molar-refractivity contribution in [3.63, 3.8) is 0 Å². The van der Waals surface area contributed by atoms with Crippen molar-refractivity contribution in [1.82, 2.24) is 0 Å². The molecule has 0 saturated heterocycles. The number of aliphatic hydroxyl groups is 1. The maximum atomic E-state index is 12.7. The molecule has 0 fully saturated rings. The molecular weight excluding hydrogens is 266 g/mol. The number of anilines is 1. The minimum atomic E-state index is -4.72. The third-order valence-corrected chi connectivity index (χ3v) is 2.39. The molecule has 0 bridgehead atoms. The summed E-state index contributed by atoms with van der Waals surface area (Å²) in [4.78, 5) is 11.0. The number of hydrogen-bond donors (Lipinski definition) is 2. The van der Waals surface area contributed by atoms with Crippen LogP contribution in [-0.4, -0.2) is 30.0 Å². The highest BCUT2D eigenvalue weighted by atomic mass is 19.3. The van der Waals surface area contributed by atoms with Crippen molar-refractivity contribution in [2.45, 2.75) is 25.2 Å². The standard InChI is InChI=1S/C12H13F4NO2/c13-10(14)12(15,16)11(19)17-9-5-1-3-8(7-9)4-2-6-18/h1,3,5,7,10,18H,2,4,6H2,(H,17,19). The van der Waals surface area contributed by atoms with E-state index in [1.165, 1.54) is 18.2 Å². The second kappa shape index (κ2) is 6.51. The molecule has 0 aliphatic carbocycles. The smallest absolute Gasteiger partial charge is 0.383 e. The Morgan fingerprint density at radius 1 is 1.37 bits per heavy atom. The Morgan fingerprint density at radius 2 is 2.05 bits per heavy atom. The molecule has 0 saturated carbocycles. The molecule has 3 nitrogen and oxygen atoms in total. The van der Waals surface area contributed by atoms with Crippen molar-refractivity contribution in [2.75, 3.05) is 11.9 Å². The van der Waals surface area contributed by atoms with E-state index in [-0.39, 0.29) is 12.3 Å². The number of aliphatic hydroxyl groups excluding tert-OH is 1. The number of rotatable bonds is 6. The zero-order valence-electron chi connectivity index (χ0n) is 9.88. The summed E-state index contributed by atoms with van der Waals surface area (Å²) in [7, 11) is 0. The average molecular weight is 279 g/mol. The van der Waals surface area contributed by atoms with E-state index in [9.17, 15) is 22.4 Å². The molecule has 19 heavy (non-hydrogen) atoms. The lowest BCUT2D eigenvalue weighted by molar-refractivity contribution is -0.163. The number of carbonyl (C=O) groups is 1. The Bertz CT molecular complexity index is 437. The molecule has 0 aliphatic rings. The highest BCUT2D eigenvalue weighted by molar-refractivity contribution is 5.96. The van der Waals surface area contributed by atoms with Crippen LogP contribution in [0.5, 0.6) is 0 Å². The van der Waals surface area contributed by atoms with Crippen LogP contribution in [0.3, 0.4) is 0 Å². The average Bonchev–Trinajstić information content (AvgIpc) is 2.36. The van der Waals surface area contributed by atoms with Gasteiger partial charge in [-0.25, -0.2) is 8.78 Å². The molecular formula is C12H13F4NO2. The van der Waals surface area contributed by atoms with E-state index in [0.29, 0.717) is 18.4 Å². The van der Waals surface area contributed by atoms with Crippen LogP contribution in [0, 0.1) is 0 Å². The van der Waals surface area contributed by atoms with Gasteiger partial charge in [0.05, 0.1) is 0 Å². The number of hydrogen-bond acceptors (Lipinski definition) is 2. The summed E-state index contributed by atoms with van der Waals surface area (Å²) < 4.78 is 49.4. The van der Waals surface area contributed by atoms with Gasteiger partial charge in [0.1, 0.15) is 0 Å². The topological polar surface area (TPSA) is 49.3 Å². The van der Waals surface area contributed by atoms with Crippen LogP contribution < -0.4 is 5.32 Å². The first-order valence-electron chi connectivity index (χ1n) is 5.55. The molecule has 0 radical (unpaired) electrons. The van der Waals surface area contributed by atoms with Crippen LogP contribution in [0.4, 0.5) is 23.2 Å². The molecule has 1 rings (SSSR count). The van der Waals surface area contributed by atoms with Gasteiger partial charge >= 0.3 is 18.3 Å². The second-order valence-corrected chi connectivity index (χ2v) is 3.91. The van der Waals surface area contributed by atoms with Gasteiger partial charge in [0.2, 0.25) is 0 Å². The molecule has 0 aromatic heterocycles. The quantitative estimate of drug-likeness (QED) is 0.786. The number of carbonyl (C=O) groups excluding carboxylic acids is 1. The fourth-order valence-corrected chi connectivity index (χ4v) is 1.40. The van der Waals surface area contributed by atoms with Crippen molar-refractivity contribution >= 4 is 11.6 Å². The number of alkyl halides is 4. The second-order valence-electron chi connectivity index (χ2n) is 3.91. The summed E-state index contributed by atoms with van der Waals surface area (Å²) >= 11 is 0. The van der Waals surface area contributed by atoms with E-state index < -0.39 is 18.3 Å². The molecule has 7 heteroatoms. The van der Waals surface area contributed by atoms with E-state index in [1.54, 1.807) is 11.4 Å². The van der Waals surface area contributed by atoms with Gasteiger partial charge in [0, 0.05) is 12.3 Å². The van der Waals surface area contributed by atoms with Gasteiger partial charge in [-0.15, -0.1) is 0 Å². The zero-order chi connectivity index (χ0) is 14.5. The number of amides is 1. The Morgan fingerprint density at radius 3 is 2.63 bits per heavy atom. The van der Waals surface area contributed by atoms with Gasteiger partial charge in [-0.05, 0) is 30.5 Å². The van der Waals surface area contributed by atoms with Gasteiger partial charge < -0.3 is 10.4 Å². The molecule has 2 N–H and O–H groups in total. The minimum Gasteiger partial charge on any atom is -0.396 e. The molecule has 106 valence electrons. The van der Waals surface area contributed by atoms with Crippen molar-refractivity contribution in [1.29, 1.82) is 0 Å². The number of benzene rings is 1. The maximum absolute atomic E-state index is 12.7. The summed E-state index contributed by atoms with van der Waals surface area (Å²) in [6.07, 6.45) is -3.08. The van der Waals surface area contributed by atoms with Crippen molar-refractivity contribution in [2.24, 2.45) is 0 Å².